The van der Waals surface area contributed by atoms with E-state index in [4.69, 9.17) is 19.5 Å². The van der Waals surface area contributed by atoms with Gasteiger partial charge in [0.2, 0.25) is 0 Å². The molecule has 2 heterocycles. The summed E-state index contributed by atoms with van der Waals surface area (Å²) < 4.78 is 15.3. The van der Waals surface area contributed by atoms with Crippen LogP contribution in [0.4, 0.5) is 0 Å². The Labute approximate surface area is 135 Å². The third-order valence-electron chi connectivity index (χ3n) is 4.04. The summed E-state index contributed by atoms with van der Waals surface area (Å²) in [5.41, 5.74) is 0. The summed E-state index contributed by atoms with van der Waals surface area (Å²) in [6.07, 6.45) is -15.8. The fourth-order valence-corrected chi connectivity index (χ4v) is 2.63. The zero-order chi connectivity index (χ0) is 18.0. The zero-order valence-electron chi connectivity index (χ0n) is 12.4. The Bertz CT molecular complexity index is 394. The lowest BCUT2D eigenvalue weighted by molar-refractivity contribution is -0.365. The van der Waals surface area contributed by atoms with Crippen LogP contribution in [0.1, 0.15) is 0 Å². The summed E-state index contributed by atoms with van der Waals surface area (Å²) in [6, 6.07) is 0. The molecule has 0 aromatic heterocycles. The third kappa shape index (κ3) is 3.85. The van der Waals surface area contributed by atoms with Crippen LogP contribution in [0, 0.1) is 0 Å². The van der Waals surface area contributed by atoms with Crippen molar-refractivity contribution >= 4 is 0 Å². The molecule has 0 aromatic rings. The van der Waals surface area contributed by atoms with Gasteiger partial charge in [-0.1, -0.05) is 0 Å². The molecule has 2 aliphatic heterocycles. The zero-order valence-corrected chi connectivity index (χ0v) is 12.4. The molecule has 2 fully saturated rings. The maximum Gasteiger partial charge on any atom is 0.187 e. The Morgan fingerprint density at radius 1 is 0.750 bits per heavy atom. The van der Waals surface area contributed by atoms with Crippen molar-refractivity contribution in [2.45, 2.75) is 61.4 Å². The Morgan fingerprint density at radius 3 is 2.00 bits per heavy atom. The molecule has 12 heteroatoms. The molecule has 0 bridgehead atoms. The van der Waals surface area contributed by atoms with Crippen LogP contribution in [0.25, 0.3) is 0 Å². The first kappa shape index (κ1) is 19.8. The average Bonchev–Trinajstić information content (AvgIpc) is 2.57. The summed E-state index contributed by atoms with van der Waals surface area (Å²) >= 11 is 0. The van der Waals surface area contributed by atoms with E-state index in [2.05, 4.69) is 4.89 Å². The van der Waals surface area contributed by atoms with Gasteiger partial charge in [-0.05, 0) is 0 Å². The number of hydrogen-bond donors (Lipinski definition) is 8. The largest absolute Gasteiger partial charge is 0.394 e. The molecule has 0 spiro atoms. The van der Waals surface area contributed by atoms with Gasteiger partial charge in [0.15, 0.2) is 12.6 Å². The van der Waals surface area contributed by atoms with Crippen molar-refractivity contribution in [1.29, 1.82) is 0 Å². The molecule has 0 saturated carbocycles. The number of ether oxygens (including phenoxy) is 3. The molecule has 0 aliphatic carbocycles. The molecule has 0 radical (unpaired) electrons. The van der Waals surface area contributed by atoms with Gasteiger partial charge in [-0.3, -0.25) is 5.26 Å². The van der Waals surface area contributed by atoms with Crippen molar-refractivity contribution in [3.63, 3.8) is 0 Å². The first-order valence-electron chi connectivity index (χ1n) is 7.23. The van der Waals surface area contributed by atoms with E-state index in [0.29, 0.717) is 0 Å². The van der Waals surface area contributed by atoms with Crippen LogP contribution in [0.15, 0.2) is 0 Å². The lowest BCUT2D eigenvalue weighted by Crippen LogP contribution is -2.64. The number of aliphatic hydroxyl groups excluding tert-OH is 7. The number of rotatable bonds is 5. The fourth-order valence-electron chi connectivity index (χ4n) is 2.63. The predicted octanol–water partition coefficient (Wildman–Crippen LogP) is -4.90. The minimum Gasteiger partial charge on any atom is -0.394 e. The summed E-state index contributed by atoms with van der Waals surface area (Å²) in [7, 11) is 0. The predicted molar refractivity (Wildman–Crippen MR) is 70.1 cm³/mol. The van der Waals surface area contributed by atoms with Crippen LogP contribution in [0.3, 0.4) is 0 Å². The van der Waals surface area contributed by atoms with Crippen LogP contribution in [0.2, 0.25) is 0 Å². The van der Waals surface area contributed by atoms with Gasteiger partial charge < -0.3 is 50.0 Å². The molecular weight excluding hydrogens is 336 g/mol. The molecule has 8 N–H and O–H groups in total. The first-order valence-corrected chi connectivity index (χ1v) is 7.23. The molecule has 2 rings (SSSR count). The Kier molecular flexibility index (Phi) is 6.83. The van der Waals surface area contributed by atoms with Gasteiger partial charge in [0.1, 0.15) is 55.4 Å². The van der Waals surface area contributed by atoms with Crippen LogP contribution in [-0.2, 0) is 19.1 Å². The van der Waals surface area contributed by atoms with Crippen molar-refractivity contribution in [2.24, 2.45) is 0 Å². The minimum absolute atomic E-state index is 0.542. The maximum absolute atomic E-state index is 9.97. The smallest absolute Gasteiger partial charge is 0.187 e. The highest BCUT2D eigenvalue weighted by Gasteiger charge is 2.50. The van der Waals surface area contributed by atoms with Crippen molar-refractivity contribution in [3.05, 3.63) is 0 Å². The van der Waals surface area contributed by atoms with Gasteiger partial charge in [0, 0.05) is 0 Å². The standard InChI is InChI=1S/C12H22O12/c13-1-3-10(7(16)8(17)11(19)22-3)24-12-9(18)6(15)5(14)4(23-12)2-21-20/h3-20H,1-2H2/t3-,4-,5-,6+,7-,8-,9-,10-,11+,12-/m1/s1. The van der Waals surface area contributed by atoms with Crippen LogP contribution >= 0.6 is 0 Å². The van der Waals surface area contributed by atoms with E-state index in [1.165, 1.54) is 0 Å². The van der Waals surface area contributed by atoms with Crippen molar-refractivity contribution in [3.8, 4) is 0 Å². The average molecular weight is 358 g/mol. The SMILES string of the molecule is OC[C@H]1O[C@H](O)[C@H](O)[C@@H](O)[C@@H]1O[C@H]1O[C@H](COO)[C@@H](O)[C@H](O)[C@H]1O. The lowest BCUT2D eigenvalue weighted by Gasteiger charge is -2.45. The highest BCUT2D eigenvalue weighted by molar-refractivity contribution is 4.93. The van der Waals surface area contributed by atoms with Crippen molar-refractivity contribution in [1.82, 2.24) is 0 Å². The minimum atomic E-state index is -1.75. The highest BCUT2D eigenvalue weighted by Crippen LogP contribution is 2.28. The third-order valence-corrected chi connectivity index (χ3v) is 4.04. The van der Waals surface area contributed by atoms with Crippen LogP contribution < -0.4 is 0 Å². The van der Waals surface area contributed by atoms with E-state index in [1.807, 2.05) is 0 Å². The maximum atomic E-state index is 9.97. The monoisotopic (exact) mass is 358 g/mol. The molecule has 12 nitrogen and oxygen atoms in total. The molecule has 0 aromatic carbocycles. The molecule has 0 unspecified atom stereocenters. The summed E-state index contributed by atoms with van der Waals surface area (Å²) in [5, 5.41) is 76.2. The Balaban J connectivity index is 2.11. The summed E-state index contributed by atoms with van der Waals surface area (Å²) in [6.45, 7) is -1.23. The normalized spacial score (nSPS) is 50.0. The molecule has 10 atom stereocenters. The van der Waals surface area contributed by atoms with E-state index >= 15 is 0 Å². The molecule has 142 valence electrons. The van der Waals surface area contributed by atoms with Crippen LogP contribution in [0.5, 0.6) is 0 Å². The lowest BCUT2D eigenvalue weighted by atomic mass is 9.97. The van der Waals surface area contributed by atoms with E-state index in [1.54, 1.807) is 0 Å². The van der Waals surface area contributed by atoms with Gasteiger partial charge in [0.05, 0.1) is 6.61 Å². The molecule has 24 heavy (non-hydrogen) atoms. The number of aliphatic hydroxyl groups is 7. The number of hydrogen-bond acceptors (Lipinski definition) is 12. The molecule has 2 aliphatic rings. The summed E-state index contributed by atoms with van der Waals surface area (Å²) in [5.74, 6) is 0. The van der Waals surface area contributed by atoms with Gasteiger partial charge in [-0.15, -0.1) is 0 Å². The summed E-state index contributed by atoms with van der Waals surface area (Å²) in [4.78, 5) is 3.85. The van der Waals surface area contributed by atoms with Gasteiger partial charge in [-0.2, -0.15) is 0 Å². The van der Waals surface area contributed by atoms with E-state index in [-0.39, 0.29) is 0 Å². The second-order valence-corrected chi connectivity index (χ2v) is 5.64. The van der Waals surface area contributed by atoms with E-state index in [9.17, 15) is 35.7 Å². The second kappa shape index (κ2) is 8.27. The quantitative estimate of drug-likeness (QED) is 0.172. The van der Waals surface area contributed by atoms with Gasteiger partial charge in [-0.25, -0.2) is 4.89 Å². The Hall–Kier alpha value is -0.480. The fraction of sp³-hybridized carbons (Fsp3) is 1.00. The molecule has 2 saturated heterocycles. The van der Waals surface area contributed by atoms with Crippen LogP contribution in [-0.4, -0.2) is 116 Å². The highest BCUT2D eigenvalue weighted by atomic mass is 17.1. The van der Waals surface area contributed by atoms with Crippen molar-refractivity contribution < 1.29 is 60.1 Å². The Morgan fingerprint density at radius 2 is 1.42 bits per heavy atom. The first-order chi connectivity index (χ1) is 11.3. The van der Waals surface area contributed by atoms with Gasteiger partial charge in [0.25, 0.3) is 0 Å². The second-order valence-electron chi connectivity index (χ2n) is 5.64. The topological polar surface area (TPSA) is 199 Å². The molecular formula is C12H22O12. The van der Waals surface area contributed by atoms with E-state index < -0.39 is 74.6 Å². The molecule has 0 amide bonds. The van der Waals surface area contributed by atoms with E-state index in [0.717, 1.165) is 0 Å². The van der Waals surface area contributed by atoms with Crippen molar-refractivity contribution in [2.75, 3.05) is 13.2 Å². The van der Waals surface area contributed by atoms with Gasteiger partial charge >= 0.3 is 0 Å².